The molecule has 19 heavy (non-hydrogen) atoms. The summed E-state index contributed by atoms with van der Waals surface area (Å²) >= 11 is 0. The van der Waals surface area contributed by atoms with Gasteiger partial charge >= 0.3 is 0 Å². The van der Waals surface area contributed by atoms with E-state index in [-0.39, 0.29) is 6.10 Å². The molecule has 0 amide bonds. The van der Waals surface area contributed by atoms with Gasteiger partial charge in [-0.25, -0.2) is 0 Å². The van der Waals surface area contributed by atoms with E-state index in [4.69, 9.17) is 15.9 Å². The lowest BCUT2D eigenvalue weighted by atomic mass is 10.0. The second-order valence-corrected chi connectivity index (χ2v) is 5.22. The van der Waals surface area contributed by atoms with Crippen molar-refractivity contribution in [1.29, 1.82) is 0 Å². The first-order chi connectivity index (χ1) is 9.11. The summed E-state index contributed by atoms with van der Waals surface area (Å²) in [6.07, 6.45) is 8.94. The van der Waals surface area contributed by atoms with Crippen molar-refractivity contribution in [2.24, 2.45) is 5.92 Å². The summed E-state index contributed by atoms with van der Waals surface area (Å²) in [4.78, 5) is 0. The third kappa shape index (κ3) is 6.76. The van der Waals surface area contributed by atoms with Crippen molar-refractivity contribution < 1.29 is 9.47 Å². The molecule has 0 bridgehead atoms. The normalized spacial score (nSPS) is 11.9. The van der Waals surface area contributed by atoms with Gasteiger partial charge in [0.25, 0.3) is 0 Å². The van der Waals surface area contributed by atoms with Gasteiger partial charge in [-0.1, -0.05) is 26.2 Å². The van der Waals surface area contributed by atoms with Crippen LogP contribution in [0.4, 0.5) is 0 Å². The van der Waals surface area contributed by atoms with Crippen molar-refractivity contribution in [3.05, 3.63) is 24.3 Å². The Morgan fingerprint density at radius 3 is 2.26 bits per heavy atom. The van der Waals surface area contributed by atoms with Gasteiger partial charge in [0.05, 0.1) is 6.10 Å². The molecule has 0 aliphatic heterocycles. The van der Waals surface area contributed by atoms with E-state index in [1.54, 1.807) is 0 Å². The molecule has 0 heterocycles. The first kappa shape index (κ1) is 15.4. The molecule has 0 saturated carbocycles. The Bertz CT molecular complexity index is 387. The van der Waals surface area contributed by atoms with Crippen molar-refractivity contribution in [3.63, 3.8) is 0 Å². The number of hydrogen-bond acceptors (Lipinski definition) is 2. The summed E-state index contributed by atoms with van der Waals surface area (Å²) in [5, 5.41) is 0. The van der Waals surface area contributed by atoms with Crippen LogP contribution < -0.4 is 9.47 Å². The van der Waals surface area contributed by atoms with Crippen LogP contribution in [-0.4, -0.2) is 12.7 Å². The molecule has 0 aliphatic carbocycles. The van der Waals surface area contributed by atoms with Gasteiger partial charge in [0.2, 0.25) is 0 Å². The Hall–Kier alpha value is -1.62. The minimum absolute atomic E-state index is 0.247. The average Bonchev–Trinajstić information content (AvgIpc) is 2.37. The number of rotatable bonds is 8. The van der Waals surface area contributed by atoms with E-state index in [2.05, 4.69) is 26.7 Å². The molecular formula is C17H24O2. The number of ether oxygens (including phenoxy) is 2. The highest BCUT2D eigenvalue weighted by atomic mass is 16.5. The summed E-state index contributed by atoms with van der Waals surface area (Å²) in [6, 6.07) is 7.61. The molecule has 0 radical (unpaired) electrons. The number of benzene rings is 1. The maximum atomic E-state index is 5.86. The van der Waals surface area contributed by atoms with Gasteiger partial charge in [-0.3, -0.25) is 0 Å². The maximum absolute atomic E-state index is 5.86. The fourth-order valence-corrected chi connectivity index (χ4v) is 1.84. The zero-order valence-corrected chi connectivity index (χ0v) is 12.2. The monoisotopic (exact) mass is 260 g/mol. The minimum atomic E-state index is 0.247. The van der Waals surface area contributed by atoms with E-state index in [0.717, 1.165) is 23.8 Å². The van der Waals surface area contributed by atoms with Crippen LogP contribution in [-0.2, 0) is 0 Å². The van der Waals surface area contributed by atoms with Crippen molar-refractivity contribution >= 4 is 0 Å². The van der Waals surface area contributed by atoms with E-state index < -0.39 is 0 Å². The summed E-state index contributed by atoms with van der Waals surface area (Å²) in [5.74, 6) is 4.86. The van der Waals surface area contributed by atoms with Crippen LogP contribution in [0.15, 0.2) is 24.3 Å². The molecule has 0 saturated heterocycles. The van der Waals surface area contributed by atoms with Crippen LogP contribution >= 0.6 is 0 Å². The van der Waals surface area contributed by atoms with Crippen LogP contribution in [0, 0.1) is 18.3 Å². The van der Waals surface area contributed by atoms with Crippen LogP contribution in [0.2, 0.25) is 0 Å². The molecule has 2 nitrogen and oxygen atoms in total. The lowest BCUT2D eigenvalue weighted by Gasteiger charge is -2.15. The molecule has 1 aromatic carbocycles. The Morgan fingerprint density at radius 2 is 1.68 bits per heavy atom. The molecule has 1 unspecified atom stereocenters. The van der Waals surface area contributed by atoms with Crippen LogP contribution in [0.5, 0.6) is 11.5 Å². The second kappa shape index (κ2) is 8.48. The Morgan fingerprint density at radius 1 is 1.05 bits per heavy atom. The fraction of sp³-hybridized carbons (Fsp3) is 0.529. The van der Waals surface area contributed by atoms with Crippen molar-refractivity contribution in [2.75, 3.05) is 6.61 Å². The topological polar surface area (TPSA) is 18.5 Å². The second-order valence-electron chi connectivity index (χ2n) is 5.22. The molecule has 0 spiro atoms. The molecule has 104 valence electrons. The SMILES string of the molecule is C#CCOc1ccc(OC(C)CCCC(C)C)cc1. The summed E-state index contributed by atoms with van der Waals surface area (Å²) in [5.41, 5.74) is 0. The summed E-state index contributed by atoms with van der Waals surface area (Å²) in [6.45, 7) is 6.91. The maximum Gasteiger partial charge on any atom is 0.148 e. The van der Waals surface area contributed by atoms with Gasteiger partial charge in [-0.05, 0) is 49.9 Å². The highest BCUT2D eigenvalue weighted by Crippen LogP contribution is 2.20. The van der Waals surface area contributed by atoms with E-state index in [1.165, 1.54) is 12.8 Å². The molecule has 0 aliphatic rings. The molecule has 0 fully saturated rings. The number of hydrogen-bond donors (Lipinski definition) is 0. The minimum Gasteiger partial charge on any atom is -0.491 e. The smallest absolute Gasteiger partial charge is 0.148 e. The Balaban J connectivity index is 2.34. The van der Waals surface area contributed by atoms with Crippen LogP contribution in [0.3, 0.4) is 0 Å². The lowest BCUT2D eigenvalue weighted by Crippen LogP contribution is -2.11. The molecule has 1 rings (SSSR count). The Labute approximate surface area is 117 Å². The van der Waals surface area contributed by atoms with E-state index in [1.807, 2.05) is 24.3 Å². The third-order valence-electron chi connectivity index (χ3n) is 2.88. The summed E-state index contributed by atoms with van der Waals surface area (Å²) < 4.78 is 11.2. The fourth-order valence-electron chi connectivity index (χ4n) is 1.84. The van der Waals surface area contributed by atoms with Crippen molar-refractivity contribution in [3.8, 4) is 23.8 Å². The van der Waals surface area contributed by atoms with Gasteiger partial charge < -0.3 is 9.47 Å². The standard InChI is InChI=1S/C17H24O2/c1-5-13-18-16-9-11-17(12-10-16)19-15(4)8-6-7-14(2)3/h1,9-12,14-15H,6-8,13H2,2-4H3. The van der Waals surface area contributed by atoms with Gasteiger partial charge in [0, 0.05) is 0 Å². The molecule has 0 N–H and O–H groups in total. The zero-order chi connectivity index (χ0) is 14.1. The first-order valence-corrected chi connectivity index (χ1v) is 6.94. The van der Waals surface area contributed by atoms with Crippen LogP contribution in [0.25, 0.3) is 0 Å². The van der Waals surface area contributed by atoms with Crippen molar-refractivity contribution in [2.45, 2.75) is 46.1 Å². The highest BCUT2D eigenvalue weighted by molar-refractivity contribution is 5.31. The largest absolute Gasteiger partial charge is 0.491 e. The molecule has 2 heteroatoms. The van der Waals surface area contributed by atoms with Crippen LogP contribution in [0.1, 0.15) is 40.0 Å². The lowest BCUT2D eigenvalue weighted by molar-refractivity contribution is 0.204. The van der Waals surface area contributed by atoms with Crippen molar-refractivity contribution in [1.82, 2.24) is 0 Å². The third-order valence-corrected chi connectivity index (χ3v) is 2.88. The highest BCUT2D eigenvalue weighted by Gasteiger charge is 2.05. The quantitative estimate of drug-likeness (QED) is 0.649. The van der Waals surface area contributed by atoms with Gasteiger partial charge in [-0.15, -0.1) is 6.42 Å². The summed E-state index contributed by atoms with van der Waals surface area (Å²) in [7, 11) is 0. The van der Waals surface area contributed by atoms with Gasteiger partial charge in [0.15, 0.2) is 0 Å². The van der Waals surface area contributed by atoms with Gasteiger partial charge in [-0.2, -0.15) is 0 Å². The molecule has 1 atom stereocenters. The predicted octanol–water partition coefficient (Wildman–Crippen LogP) is 4.29. The Kier molecular flexibility index (Phi) is 6.89. The zero-order valence-electron chi connectivity index (χ0n) is 12.2. The molecule has 0 aromatic heterocycles. The average molecular weight is 260 g/mol. The number of terminal acetylenes is 1. The molecular weight excluding hydrogens is 236 g/mol. The predicted molar refractivity (Wildman–Crippen MR) is 79.5 cm³/mol. The van der Waals surface area contributed by atoms with E-state index in [9.17, 15) is 0 Å². The first-order valence-electron chi connectivity index (χ1n) is 6.94. The van der Waals surface area contributed by atoms with E-state index in [0.29, 0.717) is 6.61 Å². The van der Waals surface area contributed by atoms with E-state index >= 15 is 0 Å². The van der Waals surface area contributed by atoms with Gasteiger partial charge in [0.1, 0.15) is 18.1 Å². The molecule has 1 aromatic rings.